The Morgan fingerprint density at radius 2 is 1.06 bits per heavy atom. The van der Waals surface area contributed by atoms with E-state index in [2.05, 4.69) is 24.3 Å². The molecular formula is C32H28O2. The molecule has 2 nitrogen and oxygen atoms in total. The third-order valence-corrected chi connectivity index (χ3v) is 7.09. The summed E-state index contributed by atoms with van der Waals surface area (Å²) in [5.41, 5.74) is 3.78. The minimum atomic E-state index is -0.867. The first-order valence-corrected chi connectivity index (χ1v) is 11.8. The minimum Gasteiger partial charge on any atom is -0.391 e. The molecule has 4 aromatic carbocycles. The van der Waals surface area contributed by atoms with Crippen LogP contribution in [0, 0.1) is 5.92 Å². The molecule has 2 heteroatoms. The summed E-state index contributed by atoms with van der Waals surface area (Å²) < 4.78 is 0. The van der Waals surface area contributed by atoms with Crippen molar-refractivity contribution in [2.24, 2.45) is 5.92 Å². The van der Waals surface area contributed by atoms with Gasteiger partial charge in [0.25, 0.3) is 0 Å². The average Bonchev–Trinajstić information content (AvgIpc) is 2.91. The van der Waals surface area contributed by atoms with Gasteiger partial charge in [-0.2, -0.15) is 0 Å². The molecule has 2 unspecified atom stereocenters. The predicted octanol–water partition coefficient (Wildman–Crippen LogP) is 6.31. The Kier molecular flexibility index (Phi) is 6.24. The number of allylic oxidation sites excluding steroid dienone is 2. The number of carbonyl (C=O) groups excluding carboxylic acids is 1. The number of ketones is 1. The second-order valence-corrected chi connectivity index (χ2v) is 9.04. The maximum absolute atomic E-state index is 13.3. The van der Waals surface area contributed by atoms with Crippen LogP contribution in [-0.2, 0) is 10.2 Å². The Hall–Kier alpha value is -3.75. The monoisotopic (exact) mass is 444 g/mol. The lowest BCUT2D eigenvalue weighted by molar-refractivity contribution is -0.123. The quantitative estimate of drug-likeness (QED) is 0.378. The SMILES string of the molecule is O=C1C=CC(c2ccccc2)(c2ccccc2)CC1C(O)C(c1ccccc1)c1ccccc1. The highest BCUT2D eigenvalue weighted by molar-refractivity contribution is 5.94. The topological polar surface area (TPSA) is 37.3 Å². The van der Waals surface area contributed by atoms with Crippen molar-refractivity contribution in [2.45, 2.75) is 23.9 Å². The van der Waals surface area contributed by atoms with E-state index < -0.39 is 17.4 Å². The standard InChI is InChI=1S/C32H28O2/c33-29-21-22-32(26-17-9-3-10-18-26,27-19-11-4-12-20-27)23-28(29)31(34)30(24-13-5-1-6-14-24)25-15-7-2-8-16-25/h1-22,28,30-31,34H,23H2. The van der Waals surface area contributed by atoms with Crippen LogP contribution in [0.5, 0.6) is 0 Å². The summed E-state index contributed by atoms with van der Waals surface area (Å²) in [6.07, 6.45) is 3.36. The third kappa shape index (κ3) is 4.13. The highest BCUT2D eigenvalue weighted by Crippen LogP contribution is 2.45. The van der Waals surface area contributed by atoms with Gasteiger partial charge in [0.1, 0.15) is 0 Å². The summed E-state index contributed by atoms with van der Waals surface area (Å²) in [5, 5.41) is 11.9. The molecule has 0 spiro atoms. The van der Waals surface area contributed by atoms with Crippen LogP contribution >= 0.6 is 0 Å². The van der Waals surface area contributed by atoms with Crippen molar-refractivity contribution in [3.8, 4) is 0 Å². The fraction of sp³-hybridized carbons (Fsp3) is 0.156. The van der Waals surface area contributed by atoms with Crippen LogP contribution < -0.4 is 0 Å². The number of hydrogen-bond acceptors (Lipinski definition) is 2. The van der Waals surface area contributed by atoms with Gasteiger partial charge in [-0.15, -0.1) is 0 Å². The van der Waals surface area contributed by atoms with Gasteiger partial charge >= 0.3 is 0 Å². The lowest BCUT2D eigenvalue weighted by atomic mass is 9.63. The van der Waals surface area contributed by atoms with Gasteiger partial charge in [-0.3, -0.25) is 4.79 Å². The van der Waals surface area contributed by atoms with Gasteiger partial charge in [-0.1, -0.05) is 127 Å². The van der Waals surface area contributed by atoms with Crippen molar-refractivity contribution in [1.82, 2.24) is 0 Å². The normalized spacial score (nSPS) is 18.1. The molecule has 0 fully saturated rings. The Labute approximate surface area is 201 Å². The summed E-state index contributed by atoms with van der Waals surface area (Å²) in [6.45, 7) is 0. The molecule has 1 aliphatic carbocycles. The molecule has 168 valence electrons. The second kappa shape index (κ2) is 9.62. The molecule has 0 amide bonds. The minimum absolute atomic E-state index is 0.0214. The van der Waals surface area contributed by atoms with Crippen molar-refractivity contribution in [2.75, 3.05) is 0 Å². The first-order valence-electron chi connectivity index (χ1n) is 11.8. The maximum atomic E-state index is 13.3. The van der Waals surface area contributed by atoms with Gasteiger partial charge in [-0.05, 0) is 34.8 Å². The molecule has 1 N–H and O–H groups in total. The van der Waals surface area contributed by atoms with Gasteiger partial charge in [0, 0.05) is 11.3 Å². The molecule has 2 atom stereocenters. The van der Waals surface area contributed by atoms with E-state index in [1.54, 1.807) is 6.08 Å². The van der Waals surface area contributed by atoms with Crippen LogP contribution in [-0.4, -0.2) is 17.0 Å². The molecule has 1 aliphatic rings. The number of benzene rings is 4. The van der Waals surface area contributed by atoms with E-state index >= 15 is 0 Å². The highest BCUT2D eigenvalue weighted by atomic mass is 16.3. The van der Waals surface area contributed by atoms with Crippen LogP contribution in [0.2, 0.25) is 0 Å². The smallest absolute Gasteiger partial charge is 0.161 e. The van der Waals surface area contributed by atoms with E-state index in [9.17, 15) is 9.90 Å². The second-order valence-electron chi connectivity index (χ2n) is 9.04. The molecule has 0 heterocycles. The van der Waals surface area contributed by atoms with Crippen molar-refractivity contribution in [1.29, 1.82) is 0 Å². The van der Waals surface area contributed by atoms with Gasteiger partial charge in [0.05, 0.1) is 12.0 Å². The molecule has 0 aliphatic heterocycles. The number of aliphatic hydroxyl groups is 1. The Bertz CT molecular complexity index is 1170. The largest absolute Gasteiger partial charge is 0.391 e. The van der Waals surface area contributed by atoms with Gasteiger partial charge < -0.3 is 5.11 Å². The summed E-state index contributed by atoms with van der Waals surface area (Å²) >= 11 is 0. The van der Waals surface area contributed by atoms with Gasteiger partial charge in [0.2, 0.25) is 0 Å². The Balaban J connectivity index is 1.61. The molecule has 4 aromatic rings. The number of hydrogen-bond donors (Lipinski definition) is 1. The molecule has 5 rings (SSSR count). The van der Waals surface area contributed by atoms with Crippen LogP contribution in [0.25, 0.3) is 0 Å². The first kappa shape index (κ1) is 22.1. The summed E-state index contributed by atoms with van der Waals surface area (Å²) in [7, 11) is 0. The molecule has 34 heavy (non-hydrogen) atoms. The van der Waals surface area contributed by atoms with Crippen LogP contribution in [0.3, 0.4) is 0 Å². The third-order valence-electron chi connectivity index (χ3n) is 7.09. The average molecular weight is 445 g/mol. The van der Waals surface area contributed by atoms with E-state index in [-0.39, 0.29) is 11.7 Å². The zero-order valence-corrected chi connectivity index (χ0v) is 19.0. The molecule has 0 saturated carbocycles. The Morgan fingerprint density at radius 3 is 1.50 bits per heavy atom. The van der Waals surface area contributed by atoms with Gasteiger partial charge in [0.15, 0.2) is 5.78 Å². The van der Waals surface area contributed by atoms with Gasteiger partial charge in [-0.25, -0.2) is 0 Å². The molecule has 0 radical (unpaired) electrons. The number of aliphatic hydroxyl groups excluding tert-OH is 1. The Morgan fingerprint density at radius 1 is 0.647 bits per heavy atom. The number of rotatable bonds is 6. The first-order chi connectivity index (χ1) is 16.7. The summed E-state index contributed by atoms with van der Waals surface area (Å²) in [6, 6.07) is 40.6. The van der Waals surface area contributed by atoms with Crippen LogP contribution in [0.15, 0.2) is 133 Å². The predicted molar refractivity (Wildman–Crippen MR) is 137 cm³/mol. The molecular weight excluding hydrogens is 416 g/mol. The van der Waals surface area contributed by atoms with Crippen molar-refractivity contribution >= 4 is 5.78 Å². The van der Waals surface area contributed by atoms with E-state index in [0.717, 1.165) is 22.3 Å². The van der Waals surface area contributed by atoms with E-state index in [0.29, 0.717) is 6.42 Å². The van der Waals surface area contributed by atoms with E-state index in [4.69, 9.17) is 0 Å². The molecule has 0 aromatic heterocycles. The van der Waals surface area contributed by atoms with Crippen molar-refractivity contribution < 1.29 is 9.90 Å². The number of carbonyl (C=O) groups is 1. The zero-order valence-electron chi connectivity index (χ0n) is 19.0. The summed E-state index contributed by atoms with van der Waals surface area (Å²) in [4.78, 5) is 13.3. The lowest BCUT2D eigenvalue weighted by Crippen LogP contribution is -2.42. The van der Waals surface area contributed by atoms with Crippen molar-refractivity contribution in [3.05, 3.63) is 156 Å². The highest BCUT2D eigenvalue weighted by Gasteiger charge is 2.44. The van der Waals surface area contributed by atoms with Crippen LogP contribution in [0.1, 0.15) is 34.6 Å². The lowest BCUT2D eigenvalue weighted by Gasteiger charge is -2.40. The molecule has 0 saturated heterocycles. The fourth-order valence-corrected chi connectivity index (χ4v) is 5.36. The fourth-order valence-electron chi connectivity index (χ4n) is 5.36. The zero-order chi connectivity index (χ0) is 23.4. The van der Waals surface area contributed by atoms with E-state index in [1.165, 1.54) is 0 Å². The van der Waals surface area contributed by atoms with Crippen molar-refractivity contribution in [3.63, 3.8) is 0 Å². The molecule has 0 bridgehead atoms. The summed E-state index contributed by atoms with van der Waals surface area (Å²) in [5.74, 6) is -0.866. The van der Waals surface area contributed by atoms with Crippen LogP contribution in [0.4, 0.5) is 0 Å². The van der Waals surface area contributed by atoms with E-state index in [1.807, 2.05) is 103 Å². The maximum Gasteiger partial charge on any atom is 0.161 e.